The first kappa shape index (κ1) is 32.3. The third-order valence-electron chi connectivity index (χ3n) is 9.37. The van der Waals surface area contributed by atoms with E-state index in [0.29, 0.717) is 44.2 Å². The molecule has 0 aromatic heterocycles. The van der Waals surface area contributed by atoms with Crippen LogP contribution in [0.25, 0.3) is 0 Å². The summed E-state index contributed by atoms with van der Waals surface area (Å²) in [5.74, 6) is 1.58. The molecule has 2 unspecified atom stereocenters. The van der Waals surface area contributed by atoms with Gasteiger partial charge < -0.3 is 30.3 Å². The van der Waals surface area contributed by atoms with E-state index in [1.54, 1.807) is 0 Å². The summed E-state index contributed by atoms with van der Waals surface area (Å²) < 4.78 is 6.13. The number of aliphatic hydroxyl groups is 1. The fourth-order valence-electron chi connectivity index (χ4n) is 7.03. The zero-order valence-electron chi connectivity index (χ0n) is 25.9. The maximum atomic E-state index is 13.3. The van der Waals surface area contributed by atoms with Crippen molar-refractivity contribution >= 4 is 23.3 Å². The number of nitrogens with zero attached hydrogens (tertiary/aromatic N) is 4. The first-order valence-corrected chi connectivity index (χ1v) is 16.3. The summed E-state index contributed by atoms with van der Waals surface area (Å²) in [6.07, 6.45) is 14.3. The van der Waals surface area contributed by atoms with Crippen LogP contribution in [0, 0.1) is 5.92 Å². The molecular weight excluding hydrogens is 530 g/mol. The van der Waals surface area contributed by atoms with E-state index in [4.69, 9.17) is 10.5 Å². The number of amides is 1. The predicted molar refractivity (Wildman–Crippen MR) is 167 cm³/mol. The quantitative estimate of drug-likeness (QED) is 0.290. The molecule has 1 heterocycles. The number of unbranched alkanes of at least 4 members (excludes halogenated alkanes) is 3. The van der Waals surface area contributed by atoms with Gasteiger partial charge in [-0.25, -0.2) is 4.99 Å². The van der Waals surface area contributed by atoms with Crippen LogP contribution in [0.4, 0.5) is 5.69 Å². The molecule has 4 rings (SSSR count). The number of nitrogens with two attached hydrogens (primary N) is 1. The maximum Gasteiger partial charge on any atom is 0.222 e. The SMILES string of the molecule is CN(C)C1CCCCC1C(=O)CN1Cc2cccc(OCCCCCCC(=O)N(CCO)C3CCCCC3)c2N=C1N. The largest absolute Gasteiger partial charge is 0.491 e. The third kappa shape index (κ3) is 8.69. The van der Waals surface area contributed by atoms with Crippen molar-refractivity contribution < 1.29 is 19.4 Å². The van der Waals surface area contributed by atoms with Gasteiger partial charge in [-0.3, -0.25) is 9.59 Å². The number of ketones is 1. The van der Waals surface area contributed by atoms with Crippen LogP contribution in [-0.4, -0.2) is 89.9 Å². The van der Waals surface area contributed by atoms with Gasteiger partial charge in [0.2, 0.25) is 5.91 Å². The number of guanidine groups is 1. The Bertz CT molecular complexity index is 1050. The smallest absolute Gasteiger partial charge is 0.222 e. The second-order valence-corrected chi connectivity index (χ2v) is 12.6. The molecule has 2 aliphatic carbocycles. The Balaban J connectivity index is 1.20. The van der Waals surface area contributed by atoms with Crippen LogP contribution in [0.15, 0.2) is 23.2 Å². The fourth-order valence-corrected chi connectivity index (χ4v) is 7.03. The molecule has 0 radical (unpaired) electrons. The van der Waals surface area contributed by atoms with Crippen molar-refractivity contribution in [2.75, 3.05) is 40.4 Å². The van der Waals surface area contributed by atoms with Crippen molar-refractivity contribution in [2.45, 2.75) is 109 Å². The van der Waals surface area contributed by atoms with Crippen LogP contribution in [0.5, 0.6) is 5.75 Å². The second kappa shape index (κ2) is 16.3. The van der Waals surface area contributed by atoms with Crippen molar-refractivity contribution in [2.24, 2.45) is 16.6 Å². The predicted octanol–water partition coefficient (Wildman–Crippen LogP) is 4.62. The highest BCUT2D eigenvalue weighted by Gasteiger charge is 2.34. The Kier molecular flexibility index (Phi) is 12.5. The number of hydrogen-bond acceptors (Lipinski definition) is 8. The molecule has 1 aliphatic heterocycles. The molecule has 2 saturated carbocycles. The van der Waals surface area contributed by atoms with Gasteiger partial charge in [-0.1, -0.05) is 57.1 Å². The van der Waals surface area contributed by atoms with Crippen molar-refractivity contribution in [3.63, 3.8) is 0 Å². The first-order chi connectivity index (χ1) is 20.4. The molecule has 42 heavy (non-hydrogen) atoms. The number of hydrogen-bond donors (Lipinski definition) is 2. The zero-order valence-corrected chi connectivity index (χ0v) is 25.9. The number of carbonyl (C=O) groups excluding carboxylic acids is 2. The monoisotopic (exact) mass is 583 g/mol. The summed E-state index contributed by atoms with van der Waals surface area (Å²) in [7, 11) is 4.13. The second-order valence-electron chi connectivity index (χ2n) is 12.6. The van der Waals surface area contributed by atoms with E-state index in [1.807, 2.05) is 28.0 Å². The van der Waals surface area contributed by atoms with Crippen molar-refractivity contribution in [1.29, 1.82) is 0 Å². The lowest BCUT2D eigenvalue weighted by molar-refractivity contribution is -0.135. The van der Waals surface area contributed by atoms with Crippen molar-refractivity contribution in [3.05, 3.63) is 23.8 Å². The van der Waals surface area contributed by atoms with Gasteiger partial charge in [0.05, 0.1) is 19.8 Å². The summed E-state index contributed by atoms with van der Waals surface area (Å²) in [5.41, 5.74) is 8.15. The lowest BCUT2D eigenvalue weighted by Gasteiger charge is -2.37. The zero-order chi connectivity index (χ0) is 29.9. The molecule has 9 nitrogen and oxygen atoms in total. The van der Waals surface area contributed by atoms with Gasteiger partial charge in [-0.05, 0) is 58.7 Å². The third-order valence-corrected chi connectivity index (χ3v) is 9.37. The molecule has 2 atom stereocenters. The maximum absolute atomic E-state index is 13.3. The normalized spacial score (nSPS) is 21.1. The molecule has 0 bridgehead atoms. The van der Waals surface area contributed by atoms with E-state index >= 15 is 0 Å². The number of aliphatic imine (C=N–C) groups is 1. The lowest BCUT2D eigenvalue weighted by Crippen LogP contribution is -2.47. The Morgan fingerprint density at radius 1 is 1.02 bits per heavy atom. The Labute approximate surface area is 252 Å². The van der Waals surface area contributed by atoms with Crippen LogP contribution < -0.4 is 10.5 Å². The van der Waals surface area contributed by atoms with Gasteiger partial charge in [-0.2, -0.15) is 0 Å². The Morgan fingerprint density at radius 2 is 1.76 bits per heavy atom. The molecule has 2 fully saturated rings. The summed E-state index contributed by atoms with van der Waals surface area (Å²) in [4.78, 5) is 36.8. The fraction of sp³-hybridized carbons (Fsp3) is 0.727. The van der Waals surface area contributed by atoms with E-state index in [2.05, 4.69) is 24.0 Å². The standard InChI is InChI=1S/C33H53N5O4/c1-36(2)28-17-10-9-16-27(28)29(40)24-37-23-25-13-12-18-30(32(25)35-33(37)34)42-22-11-4-3-8-19-31(41)38(20-21-39)26-14-6-5-7-15-26/h12-13,18,26-28,39H,3-11,14-17,19-24H2,1-2H3,(H2,34,35). The number of ether oxygens (including phenoxy) is 1. The van der Waals surface area contributed by atoms with E-state index in [1.165, 1.54) is 25.7 Å². The van der Waals surface area contributed by atoms with Crippen molar-refractivity contribution in [1.82, 2.24) is 14.7 Å². The molecule has 9 heteroatoms. The van der Waals surface area contributed by atoms with E-state index < -0.39 is 0 Å². The summed E-state index contributed by atoms with van der Waals surface area (Å²) >= 11 is 0. The molecule has 3 N–H and O–H groups in total. The molecule has 234 valence electrons. The highest BCUT2D eigenvalue weighted by molar-refractivity contribution is 5.91. The molecule has 3 aliphatic rings. The first-order valence-electron chi connectivity index (χ1n) is 16.3. The number of aliphatic hydroxyl groups excluding tert-OH is 1. The van der Waals surface area contributed by atoms with Crippen LogP contribution >= 0.6 is 0 Å². The van der Waals surface area contributed by atoms with E-state index in [0.717, 1.165) is 74.8 Å². The summed E-state index contributed by atoms with van der Waals surface area (Å²) in [5, 5.41) is 9.45. The lowest BCUT2D eigenvalue weighted by atomic mass is 9.81. The highest BCUT2D eigenvalue weighted by Crippen LogP contribution is 2.36. The average molecular weight is 584 g/mol. The van der Waals surface area contributed by atoms with Crippen LogP contribution in [-0.2, 0) is 16.1 Å². The number of benzene rings is 1. The van der Waals surface area contributed by atoms with Gasteiger partial charge in [0.1, 0.15) is 11.4 Å². The highest BCUT2D eigenvalue weighted by atomic mass is 16.5. The number of rotatable bonds is 15. The van der Waals surface area contributed by atoms with Crippen LogP contribution in [0.1, 0.15) is 95.5 Å². The van der Waals surface area contributed by atoms with Crippen LogP contribution in [0.2, 0.25) is 0 Å². The van der Waals surface area contributed by atoms with E-state index in [-0.39, 0.29) is 30.8 Å². The number of para-hydroxylation sites is 1. The van der Waals surface area contributed by atoms with Gasteiger partial charge >= 0.3 is 0 Å². The Morgan fingerprint density at radius 3 is 2.52 bits per heavy atom. The average Bonchev–Trinajstić information content (AvgIpc) is 3.00. The molecule has 1 aromatic rings. The minimum atomic E-state index is 0.0340. The Hall–Kier alpha value is -2.65. The molecular formula is C33H53N5O4. The summed E-state index contributed by atoms with van der Waals surface area (Å²) in [6.45, 7) is 1.91. The summed E-state index contributed by atoms with van der Waals surface area (Å²) in [6, 6.07) is 6.54. The molecule has 1 amide bonds. The molecule has 1 aromatic carbocycles. The van der Waals surface area contributed by atoms with E-state index in [9.17, 15) is 14.7 Å². The van der Waals surface area contributed by atoms with Gasteiger partial charge in [-0.15, -0.1) is 0 Å². The number of carbonyl (C=O) groups is 2. The van der Waals surface area contributed by atoms with Crippen molar-refractivity contribution in [3.8, 4) is 5.75 Å². The molecule has 0 saturated heterocycles. The number of Topliss-reactive ketones (excluding diaryl/α,β-unsaturated/α-hetero) is 1. The van der Waals surface area contributed by atoms with Gasteiger partial charge in [0, 0.05) is 43.1 Å². The van der Waals surface area contributed by atoms with Crippen LogP contribution in [0.3, 0.4) is 0 Å². The van der Waals surface area contributed by atoms with Gasteiger partial charge in [0.25, 0.3) is 0 Å². The topological polar surface area (TPSA) is 112 Å². The minimum Gasteiger partial charge on any atom is -0.491 e. The molecule has 0 spiro atoms. The number of fused-ring (bicyclic) bond motifs is 1. The minimum absolute atomic E-state index is 0.0340. The van der Waals surface area contributed by atoms with Gasteiger partial charge in [0.15, 0.2) is 11.7 Å².